The van der Waals surface area contributed by atoms with Crippen LogP contribution in [0.15, 0.2) is 0 Å². The van der Waals surface area contributed by atoms with Gasteiger partial charge < -0.3 is 5.11 Å². The lowest BCUT2D eigenvalue weighted by atomic mass is 9.93. The second-order valence-electron chi connectivity index (χ2n) is 3.74. The molecule has 2 nitrogen and oxygen atoms in total. The summed E-state index contributed by atoms with van der Waals surface area (Å²) >= 11 is 0. The predicted octanol–water partition coefficient (Wildman–Crippen LogP) is 1.40. The zero-order valence-electron chi connectivity index (χ0n) is 7.21. The van der Waals surface area contributed by atoms with E-state index in [1.165, 1.54) is 0 Å². The molecule has 1 N–H and O–H groups in total. The van der Waals surface area contributed by atoms with Gasteiger partial charge in [0.15, 0.2) is 0 Å². The van der Waals surface area contributed by atoms with Gasteiger partial charge in [0.1, 0.15) is 0 Å². The van der Waals surface area contributed by atoms with Gasteiger partial charge in [0.2, 0.25) is 0 Å². The highest BCUT2D eigenvalue weighted by atomic mass is 31.0. The number of nitrogens with zero attached hydrogens (tertiary/aromatic N) is 1. The smallest absolute Gasteiger partial charge is 0.0620 e. The Labute approximate surface area is 71.2 Å². The first kappa shape index (κ1) is 9.44. The van der Waals surface area contributed by atoms with E-state index in [4.69, 9.17) is 0 Å². The summed E-state index contributed by atoms with van der Waals surface area (Å²) < 4.78 is 2.26. The highest BCUT2D eigenvalue weighted by molar-refractivity contribution is 7.13. The quantitative estimate of drug-likeness (QED) is 0.562. The molecule has 0 aromatic heterocycles. The zero-order chi connectivity index (χ0) is 8.32. The summed E-state index contributed by atoms with van der Waals surface area (Å²) in [4.78, 5) is 0. The molecule has 1 atom stereocenters. The molecule has 0 spiro atoms. The van der Waals surface area contributed by atoms with Crippen LogP contribution in [0.2, 0.25) is 0 Å². The van der Waals surface area contributed by atoms with Crippen molar-refractivity contribution in [1.82, 2.24) is 4.67 Å². The Kier molecular flexibility index (Phi) is 3.29. The van der Waals surface area contributed by atoms with Gasteiger partial charge in [-0.2, -0.15) is 0 Å². The third-order valence-electron chi connectivity index (χ3n) is 2.32. The van der Waals surface area contributed by atoms with Crippen LogP contribution >= 0.6 is 9.39 Å². The van der Waals surface area contributed by atoms with Gasteiger partial charge in [-0.3, -0.25) is 4.67 Å². The van der Waals surface area contributed by atoms with Gasteiger partial charge in [-0.15, -0.1) is 0 Å². The first-order valence-corrected chi connectivity index (χ1v) is 4.84. The molecule has 3 heteroatoms. The summed E-state index contributed by atoms with van der Waals surface area (Å²) in [6.45, 7) is 4.15. The van der Waals surface area contributed by atoms with Crippen molar-refractivity contribution >= 4 is 9.39 Å². The lowest BCUT2D eigenvalue weighted by Gasteiger charge is -2.28. The molecule has 0 saturated carbocycles. The summed E-state index contributed by atoms with van der Waals surface area (Å²) in [5.74, 6) is 0. The van der Waals surface area contributed by atoms with Crippen LogP contribution in [-0.2, 0) is 0 Å². The van der Waals surface area contributed by atoms with Gasteiger partial charge >= 0.3 is 0 Å². The minimum Gasteiger partial charge on any atom is -0.390 e. The van der Waals surface area contributed by atoms with E-state index in [0.717, 1.165) is 38.8 Å². The molecule has 0 aromatic carbocycles. The van der Waals surface area contributed by atoms with Gasteiger partial charge in [-0.25, -0.2) is 0 Å². The third-order valence-corrected chi connectivity index (χ3v) is 2.84. The predicted molar refractivity (Wildman–Crippen MR) is 50.4 cm³/mol. The molecule has 1 aliphatic rings. The minimum atomic E-state index is -0.397. The number of hydrogen-bond acceptors (Lipinski definition) is 2. The van der Waals surface area contributed by atoms with Crippen molar-refractivity contribution in [2.45, 2.75) is 38.2 Å². The molecule has 0 bridgehead atoms. The van der Waals surface area contributed by atoms with Crippen LogP contribution in [0.3, 0.4) is 0 Å². The normalized spacial score (nSPS) is 27.5. The number of rotatable bonds is 0. The van der Waals surface area contributed by atoms with Crippen LogP contribution in [-0.4, -0.2) is 28.5 Å². The van der Waals surface area contributed by atoms with E-state index in [9.17, 15) is 5.11 Å². The molecule has 1 heterocycles. The number of hydrogen-bond donors (Lipinski definition) is 1. The first-order valence-electron chi connectivity index (χ1n) is 4.32. The maximum Gasteiger partial charge on any atom is 0.0620 e. The van der Waals surface area contributed by atoms with Gasteiger partial charge in [0, 0.05) is 13.1 Å². The van der Waals surface area contributed by atoms with E-state index in [1.807, 2.05) is 6.92 Å². The maximum atomic E-state index is 9.74. The van der Waals surface area contributed by atoms with Gasteiger partial charge in [-0.1, -0.05) is 9.39 Å². The molecule has 0 aromatic rings. The van der Waals surface area contributed by atoms with E-state index in [2.05, 4.69) is 14.1 Å². The minimum absolute atomic E-state index is 0.397. The molecule has 1 saturated heterocycles. The van der Waals surface area contributed by atoms with Gasteiger partial charge in [0.25, 0.3) is 0 Å². The summed E-state index contributed by atoms with van der Waals surface area (Å²) in [5, 5.41) is 9.74. The second-order valence-corrected chi connectivity index (χ2v) is 4.47. The Morgan fingerprint density at radius 1 is 1.27 bits per heavy atom. The third kappa shape index (κ3) is 3.50. The van der Waals surface area contributed by atoms with E-state index < -0.39 is 5.60 Å². The molecule has 1 unspecified atom stereocenters. The van der Waals surface area contributed by atoms with Gasteiger partial charge in [0.05, 0.1) is 5.60 Å². The Bertz CT molecular complexity index is 115. The Balaban J connectivity index is 2.35. The van der Waals surface area contributed by atoms with Crippen LogP contribution in [0.4, 0.5) is 0 Å². The van der Waals surface area contributed by atoms with Crippen molar-refractivity contribution in [1.29, 1.82) is 0 Å². The molecule has 1 aliphatic heterocycles. The molecule has 0 aliphatic carbocycles. The van der Waals surface area contributed by atoms with Crippen molar-refractivity contribution in [3.8, 4) is 0 Å². The van der Waals surface area contributed by atoms with E-state index in [-0.39, 0.29) is 0 Å². The van der Waals surface area contributed by atoms with Crippen molar-refractivity contribution in [3.05, 3.63) is 0 Å². The summed E-state index contributed by atoms with van der Waals surface area (Å²) in [7, 11) is 2.73. The fraction of sp³-hybridized carbons (Fsp3) is 1.00. The maximum absolute atomic E-state index is 9.74. The Morgan fingerprint density at radius 3 is 2.18 bits per heavy atom. The molecule has 11 heavy (non-hydrogen) atoms. The van der Waals surface area contributed by atoms with E-state index in [0.29, 0.717) is 0 Å². The second kappa shape index (κ2) is 3.84. The SMILES string of the molecule is CC1(O)CCCN(P)CCC1. The fourth-order valence-corrected chi connectivity index (χ4v) is 1.93. The molecule has 0 radical (unpaired) electrons. The lowest BCUT2D eigenvalue weighted by Crippen LogP contribution is -2.30. The standard InChI is InChI=1S/C8H18NOP/c1-8(10)4-2-6-9(11)7-3-5-8/h10H,2-7,11H2,1H3. The Hall–Kier alpha value is 0.350. The van der Waals surface area contributed by atoms with Crippen LogP contribution < -0.4 is 0 Å². The molecule has 1 fully saturated rings. The first-order chi connectivity index (χ1) is 5.10. The molecule has 0 amide bonds. The lowest BCUT2D eigenvalue weighted by molar-refractivity contribution is 0.0303. The average Bonchev–Trinajstić information content (AvgIpc) is 1.83. The van der Waals surface area contributed by atoms with Crippen molar-refractivity contribution in [2.24, 2.45) is 0 Å². The van der Waals surface area contributed by atoms with E-state index in [1.54, 1.807) is 0 Å². The molecule has 66 valence electrons. The highest BCUT2D eigenvalue weighted by Gasteiger charge is 2.21. The van der Waals surface area contributed by atoms with Gasteiger partial charge in [-0.05, 0) is 32.6 Å². The summed E-state index contributed by atoms with van der Waals surface area (Å²) in [5.41, 5.74) is -0.397. The van der Waals surface area contributed by atoms with Crippen molar-refractivity contribution < 1.29 is 5.11 Å². The van der Waals surface area contributed by atoms with Crippen molar-refractivity contribution in [3.63, 3.8) is 0 Å². The summed E-state index contributed by atoms with van der Waals surface area (Å²) in [6, 6.07) is 0. The summed E-state index contributed by atoms with van der Waals surface area (Å²) in [6.07, 6.45) is 4.10. The topological polar surface area (TPSA) is 23.5 Å². The van der Waals surface area contributed by atoms with Crippen LogP contribution in [0, 0.1) is 0 Å². The monoisotopic (exact) mass is 175 g/mol. The van der Waals surface area contributed by atoms with Crippen LogP contribution in [0.1, 0.15) is 32.6 Å². The van der Waals surface area contributed by atoms with Crippen molar-refractivity contribution in [2.75, 3.05) is 13.1 Å². The average molecular weight is 175 g/mol. The largest absolute Gasteiger partial charge is 0.390 e. The van der Waals surface area contributed by atoms with Crippen LogP contribution in [0.5, 0.6) is 0 Å². The molecule has 1 rings (SSSR count). The van der Waals surface area contributed by atoms with Crippen LogP contribution in [0.25, 0.3) is 0 Å². The molecular weight excluding hydrogens is 157 g/mol. The molecular formula is C8H18NOP. The number of aliphatic hydroxyl groups is 1. The van der Waals surface area contributed by atoms with E-state index >= 15 is 0 Å². The highest BCUT2D eigenvalue weighted by Crippen LogP contribution is 2.22. The fourth-order valence-electron chi connectivity index (χ4n) is 1.56. The zero-order valence-corrected chi connectivity index (χ0v) is 8.37. The Morgan fingerprint density at radius 2 is 1.73 bits per heavy atom.